The smallest absolute Gasteiger partial charge is 0.315 e. The van der Waals surface area contributed by atoms with Crippen molar-refractivity contribution in [2.75, 3.05) is 18.0 Å². The minimum absolute atomic E-state index is 0.159. The molecule has 130 valence electrons. The number of nitrogens with zero attached hydrogens (tertiary/aromatic N) is 1. The van der Waals surface area contributed by atoms with E-state index in [1.807, 2.05) is 24.3 Å². The van der Waals surface area contributed by atoms with Crippen molar-refractivity contribution in [1.29, 1.82) is 0 Å². The van der Waals surface area contributed by atoms with Gasteiger partial charge in [0.15, 0.2) is 0 Å². The maximum atomic E-state index is 11.8. The second-order valence-electron chi connectivity index (χ2n) is 6.76. The highest BCUT2D eigenvalue weighted by molar-refractivity contribution is 5.95. The SMILES string of the molecule is O=C(NCCC1(O)CCC1)NCc1cccc(N2CCCC2=O)c1. The Kier molecular flexibility index (Phi) is 5.04. The van der Waals surface area contributed by atoms with Crippen LogP contribution in [0.1, 0.15) is 44.1 Å². The Morgan fingerprint density at radius 1 is 1.25 bits per heavy atom. The molecule has 1 saturated carbocycles. The van der Waals surface area contributed by atoms with Crippen molar-refractivity contribution in [2.45, 2.75) is 50.7 Å². The molecule has 0 spiro atoms. The summed E-state index contributed by atoms with van der Waals surface area (Å²) in [5.74, 6) is 0.159. The Morgan fingerprint density at radius 3 is 2.75 bits per heavy atom. The quantitative estimate of drug-likeness (QED) is 0.745. The van der Waals surface area contributed by atoms with Gasteiger partial charge in [-0.1, -0.05) is 12.1 Å². The average Bonchev–Trinajstić information content (AvgIpc) is 2.98. The van der Waals surface area contributed by atoms with Gasteiger partial charge in [-0.25, -0.2) is 4.79 Å². The van der Waals surface area contributed by atoms with E-state index in [1.165, 1.54) is 0 Å². The molecule has 3 rings (SSSR count). The van der Waals surface area contributed by atoms with Crippen LogP contribution in [0, 0.1) is 0 Å². The lowest BCUT2D eigenvalue weighted by atomic mass is 9.78. The zero-order valence-electron chi connectivity index (χ0n) is 13.9. The van der Waals surface area contributed by atoms with Crippen molar-refractivity contribution in [3.05, 3.63) is 29.8 Å². The van der Waals surface area contributed by atoms with Crippen molar-refractivity contribution in [3.63, 3.8) is 0 Å². The van der Waals surface area contributed by atoms with Crippen LogP contribution in [0.15, 0.2) is 24.3 Å². The summed E-state index contributed by atoms with van der Waals surface area (Å²) < 4.78 is 0. The summed E-state index contributed by atoms with van der Waals surface area (Å²) in [5.41, 5.74) is 1.29. The third-order valence-electron chi connectivity index (χ3n) is 4.91. The zero-order valence-corrected chi connectivity index (χ0v) is 13.9. The van der Waals surface area contributed by atoms with Crippen LogP contribution in [-0.4, -0.2) is 35.7 Å². The van der Waals surface area contributed by atoms with Crippen molar-refractivity contribution >= 4 is 17.6 Å². The number of hydrogen-bond donors (Lipinski definition) is 3. The van der Waals surface area contributed by atoms with Gasteiger partial charge in [0.2, 0.25) is 5.91 Å². The fraction of sp³-hybridized carbons (Fsp3) is 0.556. The summed E-state index contributed by atoms with van der Waals surface area (Å²) in [6.07, 6.45) is 4.84. The van der Waals surface area contributed by atoms with E-state index in [0.717, 1.165) is 43.5 Å². The van der Waals surface area contributed by atoms with E-state index in [-0.39, 0.29) is 11.9 Å². The molecule has 6 heteroatoms. The zero-order chi connectivity index (χ0) is 17.0. The molecular weight excluding hydrogens is 306 g/mol. The average molecular weight is 331 g/mol. The number of anilines is 1. The molecule has 3 amide bonds. The number of hydrogen-bond acceptors (Lipinski definition) is 3. The third kappa shape index (κ3) is 4.06. The fourth-order valence-electron chi connectivity index (χ4n) is 3.24. The van der Waals surface area contributed by atoms with Gasteiger partial charge in [0.1, 0.15) is 0 Å². The summed E-state index contributed by atoms with van der Waals surface area (Å²) >= 11 is 0. The maximum absolute atomic E-state index is 11.8. The van der Waals surface area contributed by atoms with Gasteiger partial charge in [0.05, 0.1) is 5.60 Å². The van der Waals surface area contributed by atoms with E-state index < -0.39 is 5.60 Å². The molecule has 0 radical (unpaired) electrons. The number of urea groups is 1. The number of benzene rings is 1. The van der Waals surface area contributed by atoms with Crippen LogP contribution in [-0.2, 0) is 11.3 Å². The van der Waals surface area contributed by atoms with Gasteiger partial charge in [0.25, 0.3) is 0 Å². The first-order valence-electron chi connectivity index (χ1n) is 8.69. The van der Waals surface area contributed by atoms with E-state index in [9.17, 15) is 14.7 Å². The summed E-state index contributed by atoms with van der Waals surface area (Å²) in [4.78, 5) is 25.4. The van der Waals surface area contributed by atoms with Gasteiger partial charge in [-0.3, -0.25) is 4.79 Å². The number of carbonyl (C=O) groups is 2. The monoisotopic (exact) mass is 331 g/mol. The maximum Gasteiger partial charge on any atom is 0.315 e. The molecule has 1 aromatic rings. The van der Waals surface area contributed by atoms with Crippen LogP contribution < -0.4 is 15.5 Å². The van der Waals surface area contributed by atoms with E-state index in [0.29, 0.717) is 25.9 Å². The molecule has 1 saturated heterocycles. The number of amides is 3. The molecule has 0 unspecified atom stereocenters. The molecule has 3 N–H and O–H groups in total. The van der Waals surface area contributed by atoms with Crippen LogP contribution in [0.4, 0.5) is 10.5 Å². The summed E-state index contributed by atoms with van der Waals surface area (Å²) in [6.45, 7) is 1.65. The first kappa shape index (κ1) is 16.8. The second kappa shape index (κ2) is 7.21. The lowest BCUT2D eigenvalue weighted by Crippen LogP contribution is -2.42. The van der Waals surface area contributed by atoms with Gasteiger partial charge >= 0.3 is 6.03 Å². The van der Waals surface area contributed by atoms with Crippen LogP contribution in [0.2, 0.25) is 0 Å². The van der Waals surface area contributed by atoms with Gasteiger partial charge in [-0.05, 0) is 49.8 Å². The van der Waals surface area contributed by atoms with Crippen molar-refractivity contribution in [1.82, 2.24) is 10.6 Å². The molecule has 1 aliphatic carbocycles. The van der Waals surface area contributed by atoms with Gasteiger partial charge < -0.3 is 20.6 Å². The Hall–Kier alpha value is -2.08. The van der Waals surface area contributed by atoms with E-state index >= 15 is 0 Å². The predicted molar refractivity (Wildman–Crippen MR) is 91.7 cm³/mol. The number of nitrogens with one attached hydrogen (secondary N) is 2. The van der Waals surface area contributed by atoms with Gasteiger partial charge in [-0.15, -0.1) is 0 Å². The molecule has 6 nitrogen and oxygen atoms in total. The molecule has 0 atom stereocenters. The van der Waals surface area contributed by atoms with Crippen molar-refractivity contribution < 1.29 is 14.7 Å². The van der Waals surface area contributed by atoms with Crippen LogP contribution >= 0.6 is 0 Å². The standard InChI is InChI=1S/C18H25N3O3/c22-16-6-2-11-21(16)15-5-1-4-14(12-15)13-20-17(23)19-10-9-18(24)7-3-8-18/h1,4-5,12,24H,2-3,6-11,13H2,(H2,19,20,23). The van der Waals surface area contributed by atoms with Gasteiger partial charge in [0, 0.05) is 31.7 Å². The molecule has 1 aliphatic heterocycles. The van der Waals surface area contributed by atoms with Crippen LogP contribution in [0.5, 0.6) is 0 Å². The van der Waals surface area contributed by atoms with E-state index in [1.54, 1.807) is 4.90 Å². The van der Waals surface area contributed by atoms with Gasteiger partial charge in [-0.2, -0.15) is 0 Å². The Balaban J connectivity index is 1.44. The molecule has 2 fully saturated rings. The largest absolute Gasteiger partial charge is 0.390 e. The Bertz CT molecular complexity index is 613. The molecule has 0 bridgehead atoms. The molecule has 2 aliphatic rings. The summed E-state index contributed by atoms with van der Waals surface area (Å²) in [5, 5.41) is 15.6. The van der Waals surface area contributed by atoms with E-state index in [2.05, 4.69) is 10.6 Å². The van der Waals surface area contributed by atoms with Crippen LogP contribution in [0.25, 0.3) is 0 Å². The number of rotatable bonds is 6. The first-order chi connectivity index (χ1) is 11.6. The van der Waals surface area contributed by atoms with Crippen molar-refractivity contribution in [2.24, 2.45) is 0 Å². The Labute approximate surface area is 142 Å². The first-order valence-corrected chi connectivity index (χ1v) is 8.69. The minimum Gasteiger partial charge on any atom is -0.390 e. The van der Waals surface area contributed by atoms with Crippen LogP contribution in [0.3, 0.4) is 0 Å². The molecule has 1 heterocycles. The molecule has 1 aromatic carbocycles. The minimum atomic E-state index is -0.566. The normalized spacial score (nSPS) is 19.0. The fourth-order valence-corrected chi connectivity index (χ4v) is 3.24. The molecular formula is C18H25N3O3. The Morgan fingerprint density at radius 2 is 2.08 bits per heavy atom. The highest BCUT2D eigenvalue weighted by atomic mass is 16.3. The van der Waals surface area contributed by atoms with E-state index in [4.69, 9.17) is 0 Å². The number of carbonyl (C=O) groups excluding carboxylic acids is 2. The molecule has 24 heavy (non-hydrogen) atoms. The molecule has 0 aromatic heterocycles. The topological polar surface area (TPSA) is 81.7 Å². The second-order valence-corrected chi connectivity index (χ2v) is 6.76. The summed E-state index contributed by atoms with van der Waals surface area (Å²) in [6, 6.07) is 7.47. The predicted octanol–water partition coefficient (Wildman–Crippen LogP) is 1.92. The lowest BCUT2D eigenvalue weighted by Gasteiger charge is -2.36. The third-order valence-corrected chi connectivity index (χ3v) is 4.91. The van der Waals surface area contributed by atoms with Crippen molar-refractivity contribution in [3.8, 4) is 0 Å². The number of aliphatic hydroxyl groups is 1. The summed E-state index contributed by atoms with van der Waals surface area (Å²) in [7, 11) is 0. The lowest BCUT2D eigenvalue weighted by molar-refractivity contribution is -0.117. The highest BCUT2D eigenvalue weighted by Gasteiger charge is 2.33. The highest BCUT2D eigenvalue weighted by Crippen LogP contribution is 2.34.